The zero-order valence-electron chi connectivity index (χ0n) is 11.9. The van der Waals surface area contributed by atoms with Crippen LogP contribution in [0.2, 0.25) is 0 Å². The van der Waals surface area contributed by atoms with Crippen LogP contribution in [0.3, 0.4) is 0 Å². The number of nitrogens with zero attached hydrogens (tertiary/aromatic N) is 2. The molecule has 1 fully saturated rings. The monoisotopic (exact) mass is 256 g/mol. The SMILES string of the molecule is CCCCCC1CCC(c2ccc(C#N)cn2)CC1. The van der Waals surface area contributed by atoms with Crippen molar-refractivity contribution < 1.29 is 0 Å². The molecule has 0 unspecified atom stereocenters. The molecule has 1 saturated carbocycles. The summed E-state index contributed by atoms with van der Waals surface area (Å²) < 4.78 is 0. The van der Waals surface area contributed by atoms with Gasteiger partial charge in [-0.3, -0.25) is 4.98 Å². The van der Waals surface area contributed by atoms with Crippen LogP contribution in [0.25, 0.3) is 0 Å². The quantitative estimate of drug-likeness (QED) is 0.709. The predicted molar refractivity (Wildman–Crippen MR) is 77.8 cm³/mol. The van der Waals surface area contributed by atoms with Gasteiger partial charge < -0.3 is 0 Å². The highest BCUT2D eigenvalue weighted by atomic mass is 14.7. The van der Waals surface area contributed by atoms with E-state index < -0.39 is 0 Å². The summed E-state index contributed by atoms with van der Waals surface area (Å²) in [5.41, 5.74) is 1.85. The number of hydrogen-bond acceptors (Lipinski definition) is 2. The van der Waals surface area contributed by atoms with Crippen molar-refractivity contribution in [3.8, 4) is 6.07 Å². The van der Waals surface area contributed by atoms with Crippen molar-refractivity contribution in [1.29, 1.82) is 5.26 Å². The van der Waals surface area contributed by atoms with Crippen LogP contribution in [0.4, 0.5) is 0 Å². The molecule has 0 aromatic carbocycles. The Hall–Kier alpha value is -1.36. The zero-order valence-corrected chi connectivity index (χ0v) is 11.9. The van der Waals surface area contributed by atoms with E-state index in [4.69, 9.17) is 5.26 Å². The summed E-state index contributed by atoms with van der Waals surface area (Å²) in [6.45, 7) is 2.27. The Morgan fingerprint density at radius 1 is 1.21 bits per heavy atom. The summed E-state index contributed by atoms with van der Waals surface area (Å²) in [6.07, 6.45) is 12.5. The number of hydrogen-bond donors (Lipinski definition) is 0. The molecule has 0 saturated heterocycles. The highest BCUT2D eigenvalue weighted by Crippen LogP contribution is 2.36. The third kappa shape index (κ3) is 4.06. The molecule has 0 amide bonds. The van der Waals surface area contributed by atoms with Crippen molar-refractivity contribution in [2.75, 3.05) is 0 Å². The first kappa shape index (κ1) is 14.1. The molecule has 0 N–H and O–H groups in total. The van der Waals surface area contributed by atoms with Gasteiger partial charge >= 0.3 is 0 Å². The second-order valence-corrected chi connectivity index (χ2v) is 5.80. The van der Waals surface area contributed by atoms with Gasteiger partial charge in [0.05, 0.1) is 5.56 Å². The van der Waals surface area contributed by atoms with Crippen LogP contribution >= 0.6 is 0 Å². The lowest BCUT2D eigenvalue weighted by molar-refractivity contribution is 0.300. The average Bonchev–Trinajstić information content (AvgIpc) is 2.48. The minimum atomic E-state index is 0.621. The van der Waals surface area contributed by atoms with Gasteiger partial charge in [-0.25, -0.2) is 0 Å². The van der Waals surface area contributed by atoms with Gasteiger partial charge in [0.1, 0.15) is 6.07 Å². The van der Waals surface area contributed by atoms with Gasteiger partial charge in [-0.15, -0.1) is 0 Å². The first-order chi connectivity index (χ1) is 9.33. The van der Waals surface area contributed by atoms with Crippen molar-refractivity contribution in [3.63, 3.8) is 0 Å². The molecule has 1 aromatic heterocycles. The Balaban J connectivity index is 1.80. The minimum absolute atomic E-state index is 0.621. The standard InChI is InChI=1S/C17H24N2/c1-2-3-4-5-14-6-9-16(10-7-14)17-11-8-15(12-18)13-19-17/h8,11,13-14,16H,2-7,9-10H2,1H3. The van der Waals surface area contributed by atoms with Gasteiger partial charge in [-0.1, -0.05) is 32.6 Å². The highest BCUT2D eigenvalue weighted by Gasteiger charge is 2.22. The summed E-state index contributed by atoms with van der Waals surface area (Å²) in [7, 11) is 0. The third-order valence-corrected chi connectivity index (χ3v) is 4.40. The fourth-order valence-corrected chi connectivity index (χ4v) is 3.14. The summed E-state index contributed by atoms with van der Waals surface area (Å²) in [5.74, 6) is 1.57. The molecule has 1 aromatic rings. The van der Waals surface area contributed by atoms with E-state index in [1.165, 1.54) is 57.1 Å². The maximum atomic E-state index is 8.79. The van der Waals surface area contributed by atoms with Crippen molar-refractivity contribution >= 4 is 0 Å². The fourth-order valence-electron chi connectivity index (χ4n) is 3.14. The van der Waals surface area contributed by atoms with E-state index in [1.54, 1.807) is 6.20 Å². The van der Waals surface area contributed by atoms with E-state index in [0.717, 1.165) is 5.92 Å². The van der Waals surface area contributed by atoms with E-state index in [2.05, 4.69) is 18.0 Å². The molecule has 2 nitrogen and oxygen atoms in total. The van der Waals surface area contributed by atoms with Crippen LogP contribution in [-0.4, -0.2) is 4.98 Å². The lowest BCUT2D eigenvalue weighted by Gasteiger charge is -2.28. The summed E-state index contributed by atoms with van der Waals surface area (Å²) >= 11 is 0. The van der Waals surface area contributed by atoms with Gasteiger partial charge in [0.2, 0.25) is 0 Å². The van der Waals surface area contributed by atoms with E-state index in [-0.39, 0.29) is 0 Å². The number of nitriles is 1. The number of rotatable bonds is 5. The molecule has 0 aliphatic heterocycles. The molecular weight excluding hydrogens is 232 g/mol. The maximum Gasteiger partial charge on any atom is 0.101 e. The Morgan fingerprint density at radius 3 is 2.58 bits per heavy atom. The fraction of sp³-hybridized carbons (Fsp3) is 0.647. The maximum absolute atomic E-state index is 8.79. The lowest BCUT2D eigenvalue weighted by Crippen LogP contribution is -2.14. The van der Waals surface area contributed by atoms with Gasteiger partial charge in [0.25, 0.3) is 0 Å². The zero-order chi connectivity index (χ0) is 13.5. The first-order valence-corrected chi connectivity index (χ1v) is 7.69. The van der Waals surface area contributed by atoms with E-state index in [9.17, 15) is 0 Å². The predicted octanol–water partition coefficient (Wildman–Crippen LogP) is 4.81. The molecular formula is C17H24N2. The Kier molecular flexibility index (Phi) is 5.39. The Morgan fingerprint density at radius 2 is 2.00 bits per heavy atom. The first-order valence-electron chi connectivity index (χ1n) is 7.69. The molecule has 102 valence electrons. The molecule has 0 radical (unpaired) electrons. The molecule has 0 spiro atoms. The number of aromatic nitrogens is 1. The molecule has 2 heteroatoms. The van der Waals surface area contributed by atoms with E-state index >= 15 is 0 Å². The number of unbranched alkanes of at least 4 members (excludes halogenated alkanes) is 2. The highest BCUT2D eigenvalue weighted by molar-refractivity contribution is 5.27. The van der Waals surface area contributed by atoms with Crippen LogP contribution in [0, 0.1) is 17.2 Å². The van der Waals surface area contributed by atoms with Gasteiger partial charge in [-0.05, 0) is 43.7 Å². The van der Waals surface area contributed by atoms with Crippen molar-refractivity contribution in [2.24, 2.45) is 5.92 Å². The molecule has 1 aliphatic carbocycles. The third-order valence-electron chi connectivity index (χ3n) is 4.40. The molecule has 1 aliphatic rings. The molecule has 1 heterocycles. The summed E-state index contributed by atoms with van der Waals surface area (Å²) in [6, 6.07) is 6.07. The second kappa shape index (κ2) is 7.28. The van der Waals surface area contributed by atoms with Crippen LogP contribution in [0.1, 0.15) is 75.5 Å². The van der Waals surface area contributed by atoms with Crippen molar-refractivity contribution in [1.82, 2.24) is 4.98 Å². The molecule has 0 bridgehead atoms. The second-order valence-electron chi connectivity index (χ2n) is 5.80. The van der Waals surface area contributed by atoms with Crippen LogP contribution < -0.4 is 0 Å². The van der Waals surface area contributed by atoms with Gasteiger partial charge in [0.15, 0.2) is 0 Å². The van der Waals surface area contributed by atoms with Crippen molar-refractivity contribution in [3.05, 3.63) is 29.6 Å². The smallest absolute Gasteiger partial charge is 0.101 e. The van der Waals surface area contributed by atoms with E-state index in [1.807, 2.05) is 12.1 Å². The van der Waals surface area contributed by atoms with Crippen LogP contribution in [-0.2, 0) is 0 Å². The van der Waals surface area contributed by atoms with Gasteiger partial charge in [-0.2, -0.15) is 5.26 Å². The topological polar surface area (TPSA) is 36.7 Å². The summed E-state index contributed by atoms with van der Waals surface area (Å²) in [5, 5.41) is 8.79. The largest absolute Gasteiger partial charge is 0.260 e. The van der Waals surface area contributed by atoms with Crippen LogP contribution in [0.15, 0.2) is 18.3 Å². The summed E-state index contributed by atoms with van der Waals surface area (Å²) in [4.78, 5) is 4.45. The number of pyridine rings is 1. The lowest BCUT2D eigenvalue weighted by atomic mass is 9.78. The van der Waals surface area contributed by atoms with Crippen LogP contribution in [0.5, 0.6) is 0 Å². The normalized spacial score (nSPS) is 22.9. The minimum Gasteiger partial charge on any atom is -0.260 e. The molecule has 2 rings (SSSR count). The Labute approximate surface area is 116 Å². The Bertz CT molecular complexity index is 408. The molecule has 19 heavy (non-hydrogen) atoms. The van der Waals surface area contributed by atoms with Crippen molar-refractivity contribution in [2.45, 2.75) is 64.2 Å². The van der Waals surface area contributed by atoms with E-state index in [0.29, 0.717) is 11.5 Å². The average molecular weight is 256 g/mol. The van der Waals surface area contributed by atoms with Gasteiger partial charge in [0, 0.05) is 17.8 Å². The molecule has 0 atom stereocenters.